The number of rotatable bonds is 4. The van der Waals surface area contributed by atoms with Crippen LogP contribution in [0.15, 0.2) is 48.5 Å². The number of nitrogens with zero attached hydrogens (tertiary/aromatic N) is 4. The summed E-state index contributed by atoms with van der Waals surface area (Å²) < 4.78 is 4.10. The number of ketones is 1. The second-order valence-corrected chi connectivity index (χ2v) is 16.3. The van der Waals surface area contributed by atoms with Crippen molar-refractivity contribution in [1.29, 1.82) is 0 Å². The minimum atomic E-state index is -1.42. The van der Waals surface area contributed by atoms with Crippen molar-refractivity contribution in [2.24, 2.45) is 10.8 Å². The molecule has 3 N–H and O–H groups in total. The molecule has 0 spiro atoms. The zero-order valence-corrected chi connectivity index (χ0v) is 124. The standard InChI is InChI=1S/C21H26N2O2.C20H26N2O2.Al.Li.51V.4H/c1-3-20-10-6-11-22-12-9-16-15-7-4-5-8-17(15)23(18(16)19(20)22)21(25,13-20)14(2)24;1-2-19-9-5-10-21-11-8-15-14-6-3-4-7-16(14)22(17(15)18(19)21)20(24,12-19)13-23;;;;;;;;;;;;;;;;;;;;;;;;;;;;;;;;;;;;;;;;;;;;;;;;;;;;;;;;;/h4-5,7-8,19,25H,3,6,9-13H2,1-2H3;3-4,6-7,18,23-24H,2,5,8-13H2,1H3;;;;;;;;;;;;;;;;;;;;;;;;;;;;;;;;;;;;;;;;;;;;;;;;;;;;;;;;;/q;;;+1;;;;;;;;;;;;;;;;;;;;;;;;;;;;;;;;;;;;;;;;;;;;;;;;;;;;;;;-1/t19-,20+,21+;18-,19+,20+;;;;;;;;;;;;;;;;;;;;;;;;;;;;;;;;;;;;;;;;;;;;;;;;;;;;;;;;;/m11........................................................./s1. The fraction of sp³-hybridized carbons (Fsp3) is 0.585. The maximum absolute atomic E-state index is 12.7. The largest absolute Gasteiger partial charge is 1.00 e. The van der Waals surface area contributed by atoms with Gasteiger partial charge in [-0.2, -0.15) is 0 Å². The first-order chi connectivity index (χ1) is 23.7. The molecule has 61 heteroatoms. The van der Waals surface area contributed by atoms with Gasteiger partial charge in [-0.05, 0) is 105 Å². The molecule has 0 amide bonds. The van der Waals surface area contributed by atoms with Crippen LogP contribution in [0.2, 0.25) is 0 Å². The van der Waals surface area contributed by atoms with Gasteiger partial charge in [-0.3, -0.25) is 14.6 Å². The van der Waals surface area contributed by atoms with E-state index in [1.165, 1.54) is 39.7 Å². The van der Waals surface area contributed by atoms with E-state index in [0.717, 1.165) is 82.2 Å². The number of para-hydroxylation sites is 2. The molecule has 10 rings (SSSR count). The monoisotopic (exact) mass is 3300 g/mol. The first-order valence-electron chi connectivity index (χ1n) is 19.0. The average Bonchev–Trinajstić information content (AvgIpc) is 3.66. The van der Waals surface area contributed by atoms with Crippen molar-refractivity contribution in [2.75, 3.05) is 32.8 Å². The summed E-state index contributed by atoms with van der Waals surface area (Å²) in [5, 5.41) is 35.8. The van der Waals surface area contributed by atoms with Crippen molar-refractivity contribution in [2.45, 2.75) is 109 Å². The maximum Gasteiger partial charge on any atom is 1.00 e. The van der Waals surface area contributed by atoms with Gasteiger partial charge in [-0.15, -0.1) is 0 Å². The molecule has 2 aromatic carbocycles. The maximum atomic E-state index is 12.7. The molecule has 0 bridgehead atoms. The van der Waals surface area contributed by atoms with Crippen LogP contribution in [0.25, 0.3) is 21.8 Å². The number of benzene rings is 2. The second-order valence-electron chi connectivity index (χ2n) is 16.3. The molecule has 0 saturated carbocycles. The van der Waals surface area contributed by atoms with E-state index < -0.39 is 11.4 Å². The quantitative estimate of drug-likeness (QED) is 0.271. The van der Waals surface area contributed by atoms with E-state index in [4.69, 9.17) is 0 Å². The molecular weight excluding hydrogens is 3240 g/mol. The molecule has 6 atom stereocenters. The Morgan fingerprint density at radius 3 is 0.873 bits per heavy atom. The van der Waals surface area contributed by atoms with Gasteiger partial charge in [-0.25, -0.2) is 0 Å². The molecule has 2 aromatic heterocycles. The van der Waals surface area contributed by atoms with Gasteiger partial charge in [-0.1, -0.05) is 50.2 Å². The van der Waals surface area contributed by atoms with Gasteiger partial charge in [0.2, 0.25) is 5.72 Å². The predicted molar refractivity (Wildman–Crippen MR) is 202 cm³/mol. The second kappa shape index (κ2) is 147. The van der Waals surface area contributed by atoms with Crippen LogP contribution < -0.4 is 18.9 Å². The van der Waals surface area contributed by atoms with Crippen molar-refractivity contribution in [3.05, 3.63) is 71.0 Å². The van der Waals surface area contributed by atoms with E-state index in [9.17, 15) is 20.1 Å². The average molecular weight is 3300 g/mol. The number of hydrogen-bond donors (Lipinski definition) is 3. The number of aliphatic hydroxyl groups excluding tert-OH is 1. The Hall–Kier alpha value is 27.9. The summed E-state index contributed by atoms with van der Waals surface area (Å²) >= 11 is 0. The number of fused-ring (bicyclic) bond motifs is 6. The van der Waals surface area contributed by atoms with Gasteiger partial charge in [0, 0.05) is 994 Å². The Balaban J connectivity index is -0.00000000941. The summed E-state index contributed by atoms with van der Waals surface area (Å²) in [7, 11) is 0. The molecule has 2 saturated heterocycles. The van der Waals surface area contributed by atoms with Gasteiger partial charge in [0.05, 0.1) is 29.7 Å². The van der Waals surface area contributed by atoms with Gasteiger partial charge in [0.1, 0.15) is 0 Å². The van der Waals surface area contributed by atoms with Crippen LogP contribution in [0.4, 0.5) is 0 Å². The number of carbonyl (C=O) groups excluding carboxylic acids is 1. The molecule has 4 aromatic rings. The number of aromatic nitrogens is 2. The molecule has 102 heavy (non-hydrogen) atoms. The fourth-order valence-corrected chi connectivity index (χ4v) is 12.1. The molecule has 523 valence electrons. The third-order valence-electron chi connectivity index (χ3n) is 14.2. The van der Waals surface area contributed by atoms with Crippen LogP contribution in [-0.2, 0) is 975 Å². The molecule has 51 radical (unpaired) electrons. The Labute approximate surface area is 1240 Å². The number of carbonyl (C=O) groups is 1. The predicted octanol–water partition coefficient (Wildman–Crippen LogP) is 1.95. The Morgan fingerprint density at radius 2 is 0.627 bits per heavy atom. The summed E-state index contributed by atoms with van der Waals surface area (Å²) in [5.74, 6) is -0.134. The Bertz CT molecular complexity index is 2100. The zero-order chi connectivity index (χ0) is 33.9. The van der Waals surface area contributed by atoms with E-state index in [2.05, 4.69) is 64.6 Å². The molecule has 6 aliphatic rings. The van der Waals surface area contributed by atoms with Crippen LogP contribution >= 0.6 is 0 Å². The Kier molecular flexibility index (Phi) is 431. The van der Waals surface area contributed by atoms with Crippen molar-refractivity contribution in [3.63, 3.8) is 0 Å². The fourth-order valence-electron chi connectivity index (χ4n) is 12.1. The normalized spacial score (nSPS) is 16.6. The topological polar surface area (TPSA) is 94.1 Å². The summed E-state index contributed by atoms with van der Waals surface area (Å²) in [6.45, 7) is 10.3. The minimum Gasteiger partial charge on any atom is -1.00 e. The number of aliphatic hydroxyl groups is 3. The first kappa shape index (κ1) is 299. The molecule has 8 nitrogen and oxygen atoms in total. The van der Waals surface area contributed by atoms with Crippen molar-refractivity contribution in [3.8, 4) is 0 Å². The van der Waals surface area contributed by atoms with Gasteiger partial charge in [0.15, 0.2) is 28.9 Å². The van der Waals surface area contributed by atoms with E-state index in [1.54, 1.807) is 6.92 Å². The number of hydrogen-bond acceptors (Lipinski definition) is 6. The van der Waals surface area contributed by atoms with E-state index >= 15 is 0 Å². The van der Waals surface area contributed by atoms with Crippen molar-refractivity contribution >= 4 is 45.0 Å². The number of Topliss-reactive ketones (excluding diaryl/α,β-unsaturated/α-hetero) is 1. The summed E-state index contributed by atoms with van der Waals surface area (Å²) in [6, 6.07) is 17.4. The summed E-state index contributed by atoms with van der Waals surface area (Å²) in [5.41, 5.74) is 4.84. The van der Waals surface area contributed by atoms with Crippen molar-refractivity contribution in [1.82, 2.24) is 18.9 Å². The number of piperidine rings is 2. The molecule has 2 fully saturated rings. The Morgan fingerprint density at radius 1 is 0.392 bits per heavy atom. The third-order valence-corrected chi connectivity index (χ3v) is 14.2. The summed E-state index contributed by atoms with van der Waals surface area (Å²) in [6.07, 6.45) is 9.90. The van der Waals surface area contributed by atoms with Crippen LogP contribution in [0.1, 0.15) is 108 Å². The van der Waals surface area contributed by atoms with E-state index in [-0.39, 0.29) is 1010 Å². The zero-order valence-electron chi connectivity index (χ0n) is 54.2. The van der Waals surface area contributed by atoms with Crippen LogP contribution in [-0.4, -0.2) is 90.2 Å². The van der Waals surface area contributed by atoms with E-state index in [0.29, 0.717) is 24.9 Å². The van der Waals surface area contributed by atoms with Gasteiger partial charge >= 0.3 is 18.9 Å². The molecule has 0 aliphatic carbocycles. The molecule has 8 heterocycles. The van der Waals surface area contributed by atoms with E-state index in [1.807, 2.05) is 16.7 Å². The third kappa shape index (κ3) is 68.9. The molecule has 0 unspecified atom stereocenters. The van der Waals surface area contributed by atoms with Gasteiger partial charge < -0.3 is 25.9 Å². The molecule has 6 aliphatic heterocycles. The molecular formula is C41H56AlLiN4O4V51. The van der Waals surface area contributed by atoms with Crippen LogP contribution in [0, 0.1) is 10.8 Å². The van der Waals surface area contributed by atoms with Crippen LogP contribution in [0.3, 0.4) is 0 Å². The van der Waals surface area contributed by atoms with Crippen LogP contribution in [0.5, 0.6) is 0 Å². The first-order valence-corrected chi connectivity index (χ1v) is 19.0. The minimum absolute atomic E-state index is 0. The summed E-state index contributed by atoms with van der Waals surface area (Å²) in [4.78, 5) is 17.9. The smallest absolute Gasteiger partial charge is 1.00 e. The van der Waals surface area contributed by atoms with Gasteiger partial charge in [0.25, 0.3) is 0 Å². The van der Waals surface area contributed by atoms with Crippen molar-refractivity contribution < 1.29 is 987 Å². The SMILES string of the molecule is CC[C@]12CCCN3CCc4c(n(c5ccccc45)[C@@](O)(C(C)=O)C1)[C@@H]32.CC[C@]12CCCN3CCc4c(n(c5ccccc45)[C@@](O)(CO)C1)[C@@H]32.[AlH3].[H-].[Li+].[V].[V].[V].[V].[V].[V].[V].[V].[V].[V].[V].[V].[V].[V].[V].[V].[V].[V].[V].[V].[V].[V].[V].[V].[V].[V].[V].[V].[V].[V].[V].[V].[V].[V].[V].[V].[V].[V].[V].[V].[V].[V].[V].[V].[V].[V].[V].[V].[V].[V].[V].